The summed E-state index contributed by atoms with van der Waals surface area (Å²) in [6.45, 7) is 3.91. The molecule has 0 amide bonds. The molecule has 0 bridgehead atoms. The van der Waals surface area contributed by atoms with Gasteiger partial charge in [-0.3, -0.25) is 4.72 Å². The van der Waals surface area contributed by atoms with E-state index in [4.69, 9.17) is 0 Å². The molecule has 2 rings (SSSR count). The summed E-state index contributed by atoms with van der Waals surface area (Å²) >= 11 is 2.19. The van der Waals surface area contributed by atoms with Gasteiger partial charge in [0.2, 0.25) is 0 Å². The second-order valence-electron chi connectivity index (χ2n) is 4.38. The minimum absolute atomic E-state index is 0.272. The van der Waals surface area contributed by atoms with Crippen molar-refractivity contribution in [3.05, 3.63) is 57.2 Å². The summed E-state index contributed by atoms with van der Waals surface area (Å²) in [4.78, 5) is 0.272. The molecule has 3 nitrogen and oxygen atoms in total. The van der Waals surface area contributed by atoms with Crippen LogP contribution in [0.3, 0.4) is 0 Å². The smallest absolute Gasteiger partial charge is 0.261 e. The Morgan fingerprint density at radius 2 is 1.63 bits per heavy atom. The zero-order chi connectivity index (χ0) is 14.0. The van der Waals surface area contributed by atoms with Crippen molar-refractivity contribution in [2.24, 2.45) is 0 Å². The molecule has 0 aliphatic rings. The van der Waals surface area contributed by atoms with Crippen molar-refractivity contribution in [3.8, 4) is 0 Å². The van der Waals surface area contributed by atoms with Crippen LogP contribution in [-0.2, 0) is 10.0 Å². The summed E-state index contributed by atoms with van der Waals surface area (Å²) in [7, 11) is -3.51. The Kier molecular flexibility index (Phi) is 4.15. The van der Waals surface area contributed by atoms with Gasteiger partial charge >= 0.3 is 0 Å². The molecule has 0 aromatic heterocycles. The first-order chi connectivity index (χ1) is 8.88. The van der Waals surface area contributed by atoms with E-state index in [1.807, 2.05) is 26.0 Å². The van der Waals surface area contributed by atoms with E-state index in [1.54, 1.807) is 30.3 Å². The van der Waals surface area contributed by atoms with Crippen LogP contribution in [0.25, 0.3) is 0 Å². The number of anilines is 1. The molecular weight excluding hydrogens is 373 g/mol. The third kappa shape index (κ3) is 3.48. The normalized spacial score (nSPS) is 11.3. The molecule has 0 atom stereocenters. The van der Waals surface area contributed by atoms with Crippen molar-refractivity contribution in [3.63, 3.8) is 0 Å². The maximum absolute atomic E-state index is 12.2. The maximum atomic E-state index is 12.2. The van der Waals surface area contributed by atoms with Crippen LogP contribution in [0.4, 0.5) is 5.69 Å². The van der Waals surface area contributed by atoms with Crippen LogP contribution in [0.15, 0.2) is 47.4 Å². The number of hydrogen-bond donors (Lipinski definition) is 1. The number of hydrogen-bond acceptors (Lipinski definition) is 2. The van der Waals surface area contributed by atoms with Crippen LogP contribution in [0.1, 0.15) is 11.1 Å². The Morgan fingerprint density at radius 3 is 2.21 bits per heavy atom. The highest BCUT2D eigenvalue weighted by atomic mass is 127. The summed E-state index contributed by atoms with van der Waals surface area (Å²) in [5, 5.41) is 0. The number of nitrogens with one attached hydrogen (secondary N) is 1. The molecular formula is C14H14INO2S. The van der Waals surface area contributed by atoms with Crippen molar-refractivity contribution in [2.75, 3.05) is 4.72 Å². The lowest BCUT2D eigenvalue weighted by Gasteiger charge is -2.09. The highest BCUT2D eigenvalue weighted by molar-refractivity contribution is 14.1. The van der Waals surface area contributed by atoms with Crippen LogP contribution >= 0.6 is 22.6 Å². The number of sulfonamides is 1. The number of aryl methyl sites for hydroxylation is 2. The van der Waals surface area contributed by atoms with Crippen LogP contribution in [0.2, 0.25) is 0 Å². The minimum Gasteiger partial charge on any atom is -0.280 e. The fraction of sp³-hybridized carbons (Fsp3) is 0.143. The molecule has 0 heterocycles. The number of benzene rings is 2. The zero-order valence-electron chi connectivity index (χ0n) is 10.6. The first-order valence-corrected chi connectivity index (χ1v) is 8.30. The largest absolute Gasteiger partial charge is 0.280 e. The lowest BCUT2D eigenvalue weighted by Crippen LogP contribution is -2.13. The fourth-order valence-electron chi connectivity index (χ4n) is 1.59. The van der Waals surface area contributed by atoms with Gasteiger partial charge in [0.05, 0.1) is 4.90 Å². The highest BCUT2D eigenvalue weighted by Crippen LogP contribution is 2.20. The van der Waals surface area contributed by atoms with Crippen molar-refractivity contribution < 1.29 is 8.42 Å². The van der Waals surface area contributed by atoms with Gasteiger partial charge in [0.1, 0.15) is 0 Å². The molecule has 2 aromatic rings. The van der Waals surface area contributed by atoms with Crippen LogP contribution < -0.4 is 4.72 Å². The standard InChI is InChI=1S/C14H14INO2S/c1-10-3-7-13(8-4-10)19(17,18)16-12-6-5-11(2)14(15)9-12/h3-9,16H,1-2H3. The summed E-state index contributed by atoms with van der Waals surface area (Å²) < 4.78 is 28.0. The Bertz CT molecular complexity index is 694. The molecule has 2 aromatic carbocycles. The first-order valence-electron chi connectivity index (χ1n) is 5.74. The lowest BCUT2D eigenvalue weighted by molar-refractivity contribution is 0.601. The van der Waals surface area contributed by atoms with Gasteiger partial charge in [-0.2, -0.15) is 0 Å². The molecule has 0 spiro atoms. The third-order valence-corrected chi connectivity index (χ3v) is 5.31. The van der Waals surface area contributed by atoms with Crippen molar-refractivity contribution in [2.45, 2.75) is 18.7 Å². The SMILES string of the molecule is Cc1ccc(S(=O)(=O)Nc2ccc(C)c(I)c2)cc1. The summed E-state index contributed by atoms with van der Waals surface area (Å²) in [5.41, 5.74) is 2.73. The molecule has 19 heavy (non-hydrogen) atoms. The van der Waals surface area contributed by atoms with Gasteiger partial charge in [-0.1, -0.05) is 23.8 Å². The van der Waals surface area contributed by atoms with Gasteiger partial charge in [0.25, 0.3) is 10.0 Å². The van der Waals surface area contributed by atoms with Gasteiger partial charge in [0.15, 0.2) is 0 Å². The van der Waals surface area contributed by atoms with E-state index in [0.29, 0.717) is 5.69 Å². The van der Waals surface area contributed by atoms with Gasteiger partial charge in [-0.25, -0.2) is 8.42 Å². The van der Waals surface area contributed by atoms with Gasteiger partial charge in [0, 0.05) is 9.26 Å². The molecule has 0 aliphatic heterocycles. The predicted octanol–water partition coefficient (Wildman–Crippen LogP) is 3.71. The number of rotatable bonds is 3. The van der Waals surface area contributed by atoms with Crippen LogP contribution in [0, 0.1) is 17.4 Å². The fourth-order valence-corrected chi connectivity index (χ4v) is 3.15. The molecule has 100 valence electrons. The minimum atomic E-state index is -3.51. The monoisotopic (exact) mass is 387 g/mol. The molecule has 0 unspecified atom stereocenters. The van der Waals surface area contributed by atoms with Crippen molar-refractivity contribution in [1.29, 1.82) is 0 Å². The van der Waals surface area contributed by atoms with Crippen LogP contribution in [0.5, 0.6) is 0 Å². The summed E-state index contributed by atoms with van der Waals surface area (Å²) in [6, 6.07) is 12.3. The van der Waals surface area contributed by atoms with E-state index in [-0.39, 0.29) is 4.90 Å². The highest BCUT2D eigenvalue weighted by Gasteiger charge is 2.13. The van der Waals surface area contributed by atoms with Gasteiger partial charge < -0.3 is 0 Å². The second-order valence-corrected chi connectivity index (χ2v) is 7.23. The predicted molar refractivity (Wildman–Crippen MR) is 85.9 cm³/mol. The topological polar surface area (TPSA) is 46.2 Å². The maximum Gasteiger partial charge on any atom is 0.261 e. The molecule has 1 N–H and O–H groups in total. The molecule has 5 heteroatoms. The second kappa shape index (κ2) is 5.50. The van der Waals surface area contributed by atoms with Gasteiger partial charge in [-0.15, -0.1) is 0 Å². The molecule has 0 fully saturated rings. The van der Waals surface area contributed by atoms with E-state index >= 15 is 0 Å². The lowest BCUT2D eigenvalue weighted by atomic mass is 10.2. The van der Waals surface area contributed by atoms with Crippen molar-refractivity contribution >= 4 is 38.3 Å². The van der Waals surface area contributed by atoms with E-state index in [9.17, 15) is 8.42 Å². The average molecular weight is 387 g/mol. The van der Waals surface area contributed by atoms with Crippen LogP contribution in [-0.4, -0.2) is 8.42 Å². The van der Waals surface area contributed by atoms with E-state index in [1.165, 1.54) is 0 Å². The first kappa shape index (κ1) is 14.3. The molecule has 0 aliphatic carbocycles. The Hall–Kier alpha value is -1.08. The Labute approximate surface area is 127 Å². The van der Waals surface area contributed by atoms with Crippen molar-refractivity contribution in [1.82, 2.24) is 0 Å². The quantitative estimate of drug-likeness (QED) is 0.817. The van der Waals surface area contributed by atoms with Gasteiger partial charge in [-0.05, 0) is 66.3 Å². The average Bonchev–Trinajstić information content (AvgIpc) is 2.34. The number of halogens is 1. The van der Waals surface area contributed by atoms with E-state index in [2.05, 4.69) is 27.3 Å². The van der Waals surface area contributed by atoms with E-state index in [0.717, 1.165) is 14.7 Å². The molecule has 0 radical (unpaired) electrons. The molecule has 0 saturated carbocycles. The van der Waals surface area contributed by atoms with E-state index < -0.39 is 10.0 Å². The third-order valence-electron chi connectivity index (χ3n) is 2.76. The summed E-state index contributed by atoms with van der Waals surface area (Å²) in [6.07, 6.45) is 0. The molecule has 0 saturated heterocycles. The summed E-state index contributed by atoms with van der Waals surface area (Å²) in [5.74, 6) is 0. The Morgan fingerprint density at radius 1 is 1.00 bits per heavy atom. The Balaban J connectivity index is 2.30. The zero-order valence-corrected chi connectivity index (χ0v) is 13.6.